The van der Waals surface area contributed by atoms with Crippen molar-refractivity contribution < 1.29 is 13.6 Å². The molecule has 0 aliphatic heterocycles. The lowest BCUT2D eigenvalue weighted by molar-refractivity contribution is 0.102. The van der Waals surface area contributed by atoms with Crippen molar-refractivity contribution in [1.82, 2.24) is 14.6 Å². The SMILES string of the molecule is CC(C)(C)c1nnsc1C(=O)Nc1ccc(F)nc1F. The number of rotatable bonds is 2. The van der Waals surface area contributed by atoms with Gasteiger partial charge in [-0.2, -0.15) is 13.8 Å². The predicted molar refractivity (Wildman–Crippen MR) is 70.7 cm³/mol. The van der Waals surface area contributed by atoms with Gasteiger partial charge in [0.2, 0.25) is 11.9 Å². The largest absolute Gasteiger partial charge is 0.317 e. The van der Waals surface area contributed by atoms with Crippen LogP contribution in [0, 0.1) is 11.9 Å². The quantitative estimate of drug-likeness (QED) is 0.866. The molecule has 0 aromatic carbocycles. The van der Waals surface area contributed by atoms with Crippen molar-refractivity contribution in [2.75, 3.05) is 5.32 Å². The lowest BCUT2D eigenvalue weighted by atomic mass is 9.91. The van der Waals surface area contributed by atoms with Gasteiger partial charge in [-0.15, -0.1) is 5.10 Å². The zero-order valence-corrected chi connectivity index (χ0v) is 11.9. The molecule has 5 nitrogen and oxygen atoms in total. The summed E-state index contributed by atoms with van der Waals surface area (Å²) in [6.07, 6.45) is 0. The van der Waals surface area contributed by atoms with E-state index in [1.165, 1.54) is 0 Å². The van der Waals surface area contributed by atoms with Crippen molar-refractivity contribution in [2.45, 2.75) is 26.2 Å². The van der Waals surface area contributed by atoms with Crippen LogP contribution in [0.5, 0.6) is 0 Å². The van der Waals surface area contributed by atoms with E-state index in [1.54, 1.807) is 0 Å². The number of nitrogens with zero attached hydrogens (tertiary/aromatic N) is 3. The van der Waals surface area contributed by atoms with Crippen molar-refractivity contribution in [3.8, 4) is 0 Å². The standard InChI is InChI=1S/C12H12F2N4OS/c1-12(2,3)9-8(20-18-17-9)11(19)15-6-4-5-7(13)16-10(6)14/h4-5H,1-3H3,(H,15,19). The fourth-order valence-corrected chi connectivity index (χ4v) is 2.29. The Labute approximate surface area is 118 Å². The summed E-state index contributed by atoms with van der Waals surface area (Å²) in [6.45, 7) is 5.67. The zero-order valence-electron chi connectivity index (χ0n) is 11.1. The van der Waals surface area contributed by atoms with E-state index in [0.29, 0.717) is 10.6 Å². The molecule has 2 heterocycles. The average molecular weight is 298 g/mol. The summed E-state index contributed by atoms with van der Waals surface area (Å²) in [7, 11) is 0. The van der Waals surface area contributed by atoms with Crippen LogP contribution in [-0.4, -0.2) is 20.5 Å². The average Bonchev–Trinajstić information content (AvgIpc) is 2.81. The Balaban J connectivity index is 2.27. The van der Waals surface area contributed by atoms with E-state index in [4.69, 9.17) is 0 Å². The first kappa shape index (κ1) is 14.4. The number of halogens is 2. The van der Waals surface area contributed by atoms with Crippen LogP contribution in [0.1, 0.15) is 36.1 Å². The summed E-state index contributed by atoms with van der Waals surface area (Å²) < 4.78 is 29.8. The maximum atomic E-state index is 13.4. The maximum Gasteiger partial charge on any atom is 0.269 e. The van der Waals surface area contributed by atoms with Crippen LogP contribution in [0.3, 0.4) is 0 Å². The topological polar surface area (TPSA) is 67.8 Å². The highest BCUT2D eigenvalue weighted by atomic mass is 32.1. The van der Waals surface area contributed by atoms with Crippen LogP contribution in [-0.2, 0) is 5.41 Å². The fourth-order valence-electron chi connectivity index (χ4n) is 1.51. The molecule has 0 fully saturated rings. The maximum absolute atomic E-state index is 13.4. The molecule has 0 saturated heterocycles. The van der Waals surface area contributed by atoms with Gasteiger partial charge in [0.15, 0.2) is 0 Å². The molecule has 1 N–H and O–H groups in total. The summed E-state index contributed by atoms with van der Waals surface area (Å²) in [6, 6.07) is 2.08. The minimum Gasteiger partial charge on any atom is -0.317 e. The minimum atomic E-state index is -1.08. The van der Waals surface area contributed by atoms with Gasteiger partial charge in [-0.3, -0.25) is 4.79 Å². The third-order valence-electron chi connectivity index (χ3n) is 2.47. The Morgan fingerprint density at radius 1 is 1.30 bits per heavy atom. The summed E-state index contributed by atoms with van der Waals surface area (Å²) in [5.74, 6) is -2.57. The number of anilines is 1. The summed E-state index contributed by atoms with van der Waals surface area (Å²) in [5, 5.41) is 6.26. The Kier molecular flexibility index (Phi) is 3.76. The van der Waals surface area contributed by atoms with Crippen LogP contribution in [0.25, 0.3) is 0 Å². The number of amides is 1. The number of carbonyl (C=O) groups excluding carboxylic acids is 1. The molecule has 0 aliphatic rings. The normalized spacial score (nSPS) is 11.4. The van der Waals surface area contributed by atoms with Crippen molar-refractivity contribution in [1.29, 1.82) is 0 Å². The van der Waals surface area contributed by atoms with E-state index in [2.05, 4.69) is 19.9 Å². The zero-order chi connectivity index (χ0) is 14.9. The molecule has 0 spiro atoms. The number of nitrogens with one attached hydrogen (secondary N) is 1. The van der Waals surface area contributed by atoms with Crippen LogP contribution in [0.4, 0.5) is 14.5 Å². The van der Waals surface area contributed by atoms with Gasteiger partial charge in [-0.1, -0.05) is 25.3 Å². The monoisotopic (exact) mass is 298 g/mol. The molecule has 2 aromatic rings. The second-order valence-corrected chi connectivity index (χ2v) is 5.88. The van der Waals surface area contributed by atoms with E-state index < -0.39 is 17.8 Å². The van der Waals surface area contributed by atoms with Crippen LogP contribution < -0.4 is 5.32 Å². The summed E-state index contributed by atoms with van der Waals surface area (Å²) >= 11 is 0.923. The van der Waals surface area contributed by atoms with Crippen molar-refractivity contribution in [3.63, 3.8) is 0 Å². The van der Waals surface area contributed by atoms with Crippen LogP contribution >= 0.6 is 11.5 Å². The molecule has 0 radical (unpaired) electrons. The predicted octanol–water partition coefficient (Wildman–Crippen LogP) is 2.76. The van der Waals surface area contributed by atoms with Gasteiger partial charge in [0, 0.05) is 5.41 Å². The van der Waals surface area contributed by atoms with E-state index in [-0.39, 0.29) is 11.1 Å². The molecule has 0 bridgehead atoms. The number of pyridine rings is 1. The molecule has 106 valence electrons. The van der Waals surface area contributed by atoms with Crippen molar-refractivity contribution in [3.05, 3.63) is 34.6 Å². The van der Waals surface area contributed by atoms with Gasteiger partial charge in [-0.25, -0.2) is 0 Å². The van der Waals surface area contributed by atoms with Gasteiger partial charge in [0.25, 0.3) is 5.91 Å². The first-order valence-corrected chi connectivity index (χ1v) is 6.52. The lowest BCUT2D eigenvalue weighted by Gasteiger charge is -2.16. The number of carbonyl (C=O) groups is 1. The van der Waals surface area contributed by atoms with Gasteiger partial charge in [-0.05, 0) is 23.7 Å². The molecular weight excluding hydrogens is 286 g/mol. The van der Waals surface area contributed by atoms with E-state index in [1.807, 2.05) is 20.8 Å². The third kappa shape index (κ3) is 2.96. The Hall–Kier alpha value is -1.96. The molecule has 0 atom stereocenters. The molecule has 8 heteroatoms. The Morgan fingerprint density at radius 3 is 2.60 bits per heavy atom. The van der Waals surface area contributed by atoms with E-state index >= 15 is 0 Å². The van der Waals surface area contributed by atoms with E-state index in [9.17, 15) is 13.6 Å². The third-order valence-corrected chi connectivity index (χ3v) is 3.19. The van der Waals surface area contributed by atoms with Crippen LogP contribution in [0.15, 0.2) is 12.1 Å². The number of hydrogen-bond donors (Lipinski definition) is 1. The van der Waals surface area contributed by atoms with Gasteiger partial charge < -0.3 is 5.32 Å². The smallest absolute Gasteiger partial charge is 0.269 e. The first-order chi connectivity index (χ1) is 9.29. The molecule has 0 aliphatic carbocycles. The number of aromatic nitrogens is 3. The fraction of sp³-hybridized carbons (Fsp3) is 0.333. The number of hydrogen-bond acceptors (Lipinski definition) is 5. The second kappa shape index (κ2) is 5.20. The molecule has 2 rings (SSSR count). The van der Waals surface area contributed by atoms with Crippen molar-refractivity contribution in [2.24, 2.45) is 0 Å². The van der Waals surface area contributed by atoms with Gasteiger partial charge in [0.1, 0.15) is 4.88 Å². The molecule has 0 saturated carbocycles. The minimum absolute atomic E-state index is 0.190. The lowest BCUT2D eigenvalue weighted by Crippen LogP contribution is -2.20. The second-order valence-electron chi connectivity index (χ2n) is 5.13. The van der Waals surface area contributed by atoms with Gasteiger partial charge >= 0.3 is 0 Å². The Bertz CT molecular complexity index is 651. The molecular formula is C12H12F2N4OS. The molecule has 0 unspecified atom stereocenters. The van der Waals surface area contributed by atoms with E-state index in [0.717, 1.165) is 23.7 Å². The highest BCUT2D eigenvalue weighted by molar-refractivity contribution is 7.08. The highest BCUT2D eigenvalue weighted by Crippen LogP contribution is 2.26. The molecule has 1 amide bonds. The van der Waals surface area contributed by atoms with Crippen LogP contribution in [0.2, 0.25) is 0 Å². The molecule has 2 aromatic heterocycles. The summed E-state index contributed by atoms with van der Waals surface area (Å²) in [5.41, 5.74) is -0.0284. The molecule has 20 heavy (non-hydrogen) atoms. The van der Waals surface area contributed by atoms with Crippen molar-refractivity contribution >= 4 is 23.1 Å². The highest BCUT2D eigenvalue weighted by Gasteiger charge is 2.26. The Morgan fingerprint density at radius 2 is 2.00 bits per heavy atom. The summed E-state index contributed by atoms with van der Waals surface area (Å²) in [4.78, 5) is 15.4. The first-order valence-electron chi connectivity index (χ1n) is 5.75. The van der Waals surface area contributed by atoms with Gasteiger partial charge in [0.05, 0.1) is 11.4 Å².